The van der Waals surface area contributed by atoms with Gasteiger partial charge in [0.1, 0.15) is 0 Å². The van der Waals surface area contributed by atoms with Crippen LogP contribution >= 0.6 is 11.6 Å². The summed E-state index contributed by atoms with van der Waals surface area (Å²) in [4.78, 5) is 0. The summed E-state index contributed by atoms with van der Waals surface area (Å²) in [7, 11) is 0. The highest BCUT2D eigenvalue weighted by molar-refractivity contribution is 6.30. The fourth-order valence-electron chi connectivity index (χ4n) is 3.03. The first-order chi connectivity index (χ1) is 8.04. The van der Waals surface area contributed by atoms with E-state index < -0.39 is 0 Å². The minimum atomic E-state index is 0.603. The van der Waals surface area contributed by atoms with E-state index in [9.17, 15) is 0 Å². The number of benzene rings is 1. The molecule has 0 heterocycles. The second-order valence-corrected chi connectivity index (χ2v) is 6.15. The van der Waals surface area contributed by atoms with Gasteiger partial charge in [-0.25, -0.2) is 0 Å². The molecule has 2 heteroatoms. The van der Waals surface area contributed by atoms with Gasteiger partial charge in [0.15, 0.2) is 0 Å². The van der Waals surface area contributed by atoms with Crippen LogP contribution in [0.2, 0.25) is 5.02 Å². The zero-order chi connectivity index (χ0) is 12.4. The third kappa shape index (κ3) is 3.38. The molecule has 1 saturated carbocycles. The highest BCUT2D eigenvalue weighted by Gasteiger charge is 2.23. The quantitative estimate of drug-likeness (QED) is 0.790. The number of anilines is 1. The molecule has 94 valence electrons. The fourth-order valence-corrected chi connectivity index (χ4v) is 3.21. The Morgan fingerprint density at radius 3 is 2.41 bits per heavy atom. The Morgan fingerprint density at radius 1 is 1.12 bits per heavy atom. The molecule has 0 aromatic heterocycles. The van der Waals surface area contributed by atoms with Gasteiger partial charge >= 0.3 is 0 Å². The molecule has 0 saturated heterocycles. The molecule has 1 aliphatic rings. The Bertz CT molecular complexity index is 379. The van der Waals surface area contributed by atoms with Crippen molar-refractivity contribution in [1.82, 2.24) is 0 Å². The van der Waals surface area contributed by atoms with Crippen LogP contribution in [0.15, 0.2) is 18.2 Å². The molecular formula is C15H22ClN. The number of halogens is 1. The number of hydrogen-bond acceptors (Lipinski definition) is 1. The number of hydrogen-bond donors (Lipinski definition) is 1. The molecule has 1 aromatic rings. The third-order valence-electron chi connectivity index (χ3n) is 3.74. The van der Waals surface area contributed by atoms with Crippen molar-refractivity contribution in [3.05, 3.63) is 28.8 Å². The maximum absolute atomic E-state index is 6.05. The van der Waals surface area contributed by atoms with Crippen molar-refractivity contribution in [3.63, 3.8) is 0 Å². The molecule has 0 bridgehead atoms. The Balaban J connectivity index is 2.07. The van der Waals surface area contributed by atoms with Crippen LogP contribution in [0.5, 0.6) is 0 Å². The van der Waals surface area contributed by atoms with Crippen molar-refractivity contribution in [2.45, 2.75) is 46.1 Å². The number of aryl methyl sites for hydroxylation is 1. The molecule has 1 N–H and O–H groups in total. The normalized spacial score (nSPS) is 29.1. The van der Waals surface area contributed by atoms with E-state index >= 15 is 0 Å². The molecule has 1 nitrogen and oxygen atoms in total. The molecule has 2 rings (SSSR count). The summed E-state index contributed by atoms with van der Waals surface area (Å²) >= 11 is 6.05. The van der Waals surface area contributed by atoms with Crippen LogP contribution in [0.1, 0.15) is 38.7 Å². The van der Waals surface area contributed by atoms with E-state index in [1.165, 1.54) is 30.5 Å². The lowest BCUT2D eigenvalue weighted by Gasteiger charge is -2.33. The Morgan fingerprint density at radius 2 is 1.76 bits per heavy atom. The van der Waals surface area contributed by atoms with Crippen LogP contribution in [0.4, 0.5) is 5.69 Å². The molecule has 2 atom stereocenters. The van der Waals surface area contributed by atoms with Crippen molar-refractivity contribution in [2.24, 2.45) is 11.8 Å². The molecule has 1 aliphatic carbocycles. The van der Waals surface area contributed by atoms with E-state index in [0.717, 1.165) is 16.9 Å². The second-order valence-electron chi connectivity index (χ2n) is 5.72. The van der Waals surface area contributed by atoms with Gasteiger partial charge in [0.05, 0.1) is 0 Å². The minimum Gasteiger partial charge on any atom is -0.382 e. The number of nitrogens with one attached hydrogen (secondary N) is 1. The Labute approximate surface area is 110 Å². The molecule has 2 unspecified atom stereocenters. The summed E-state index contributed by atoms with van der Waals surface area (Å²) in [6.45, 7) is 6.85. The van der Waals surface area contributed by atoms with Gasteiger partial charge in [0.25, 0.3) is 0 Å². The van der Waals surface area contributed by atoms with Gasteiger partial charge in [-0.15, -0.1) is 0 Å². The van der Waals surface area contributed by atoms with E-state index in [0.29, 0.717) is 6.04 Å². The first-order valence-corrected chi connectivity index (χ1v) is 6.95. The average Bonchev–Trinajstić information content (AvgIpc) is 2.22. The van der Waals surface area contributed by atoms with Gasteiger partial charge in [-0.3, -0.25) is 0 Å². The molecule has 1 fully saturated rings. The maximum Gasteiger partial charge on any atom is 0.0426 e. The summed E-state index contributed by atoms with van der Waals surface area (Å²) in [6.07, 6.45) is 3.92. The van der Waals surface area contributed by atoms with Crippen molar-refractivity contribution in [2.75, 3.05) is 5.32 Å². The predicted molar refractivity (Wildman–Crippen MR) is 75.8 cm³/mol. The van der Waals surface area contributed by atoms with Gasteiger partial charge in [-0.2, -0.15) is 0 Å². The van der Waals surface area contributed by atoms with Crippen molar-refractivity contribution < 1.29 is 0 Å². The summed E-state index contributed by atoms with van der Waals surface area (Å²) < 4.78 is 0. The Hall–Kier alpha value is -0.690. The van der Waals surface area contributed by atoms with Gasteiger partial charge in [-0.1, -0.05) is 31.5 Å². The summed E-state index contributed by atoms with van der Waals surface area (Å²) in [5.41, 5.74) is 2.48. The van der Waals surface area contributed by atoms with E-state index in [1.807, 2.05) is 12.1 Å². The fraction of sp³-hybridized carbons (Fsp3) is 0.600. The Kier molecular flexibility index (Phi) is 3.98. The highest BCUT2D eigenvalue weighted by Crippen LogP contribution is 2.31. The smallest absolute Gasteiger partial charge is 0.0426 e. The van der Waals surface area contributed by atoms with Crippen LogP contribution in [0.25, 0.3) is 0 Å². The van der Waals surface area contributed by atoms with Gasteiger partial charge in [0.2, 0.25) is 0 Å². The molecule has 1 aromatic carbocycles. The monoisotopic (exact) mass is 251 g/mol. The SMILES string of the molecule is Cc1ccc(Cl)cc1NC1CC(C)CC(C)C1. The topological polar surface area (TPSA) is 12.0 Å². The van der Waals surface area contributed by atoms with Crippen LogP contribution in [-0.4, -0.2) is 6.04 Å². The summed E-state index contributed by atoms with van der Waals surface area (Å²) in [6, 6.07) is 6.68. The molecule has 0 radical (unpaired) electrons. The third-order valence-corrected chi connectivity index (χ3v) is 3.97. The lowest BCUT2D eigenvalue weighted by Crippen LogP contribution is -2.30. The van der Waals surface area contributed by atoms with Crippen LogP contribution in [-0.2, 0) is 0 Å². The minimum absolute atomic E-state index is 0.603. The number of rotatable bonds is 2. The largest absolute Gasteiger partial charge is 0.382 e. The van der Waals surface area contributed by atoms with E-state index in [4.69, 9.17) is 11.6 Å². The zero-order valence-electron chi connectivity index (χ0n) is 11.0. The standard InChI is InChI=1S/C15H22ClN/c1-10-6-11(2)8-14(7-10)17-15-9-13(16)5-4-12(15)3/h4-5,9-11,14,17H,6-8H2,1-3H3. The van der Waals surface area contributed by atoms with Crippen LogP contribution in [0.3, 0.4) is 0 Å². The molecule has 0 amide bonds. The van der Waals surface area contributed by atoms with Crippen LogP contribution in [0, 0.1) is 18.8 Å². The van der Waals surface area contributed by atoms with Crippen molar-refractivity contribution in [1.29, 1.82) is 0 Å². The first-order valence-electron chi connectivity index (χ1n) is 6.57. The first kappa shape index (κ1) is 12.8. The summed E-state index contributed by atoms with van der Waals surface area (Å²) in [5, 5.41) is 4.48. The predicted octanol–water partition coefficient (Wildman–Crippen LogP) is 4.89. The highest BCUT2D eigenvalue weighted by atomic mass is 35.5. The van der Waals surface area contributed by atoms with Gasteiger partial charge < -0.3 is 5.32 Å². The summed E-state index contributed by atoms with van der Waals surface area (Å²) in [5.74, 6) is 1.66. The lowest BCUT2D eigenvalue weighted by atomic mass is 9.80. The average molecular weight is 252 g/mol. The van der Waals surface area contributed by atoms with Crippen LogP contribution < -0.4 is 5.32 Å². The zero-order valence-corrected chi connectivity index (χ0v) is 11.7. The van der Waals surface area contributed by atoms with E-state index in [1.54, 1.807) is 0 Å². The molecule has 0 aliphatic heterocycles. The van der Waals surface area contributed by atoms with Gasteiger partial charge in [0, 0.05) is 16.8 Å². The maximum atomic E-state index is 6.05. The molecule has 17 heavy (non-hydrogen) atoms. The van der Waals surface area contributed by atoms with Gasteiger partial charge in [-0.05, 0) is 55.7 Å². The second kappa shape index (κ2) is 5.30. The van der Waals surface area contributed by atoms with Crippen molar-refractivity contribution in [3.8, 4) is 0 Å². The molecular weight excluding hydrogens is 230 g/mol. The van der Waals surface area contributed by atoms with E-state index in [-0.39, 0.29) is 0 Å². The molecule has 0 spiro atoms. The lowest BCUT2D eigenvalue weighted by molar-refractivity contribution is 0.281. The van der Waals surface area contributed by atoms with E-state index in [2.05, 4.69) is 32.2 Å². The van der Waals surface area contributed by atoms with Crippen molar-refractivity contribution >= 4 is 17.3 Å².